The quantitative estimate of drug-likeness (QED) is 0.732. The van der Waals surface area contributed by atoms with E-state index in [1.54, 1.807) is 23.3 Å². The molecule has 2 aromatic rings. The van der Waals surface area contributed by atoms with Crippen molar-refractivity contribution in [2.24, 2.45) is 0 Å². The van der Waals surface area contributed by atoms with Gasteiger partial charge in [-0.2, -0.15) is 0 Å². The van der Waals surface area contributed by atoms with Crippen LogP contribution in [0.15, 0.2) is 23.5 Å². The average molecular weight is 193 g/mol. The molecule has 2 heterocycles. The first-order valence-electron chi connectivity index (χ1n) is 4.35. The third-order valence-electron chi connectivity index (χ3n) is 2.11. The molecule has 0 spiro atoms. The number of imidazole rings is 1. The highest BCUT2D eigenvalue weighted by Crippen LogP contribution is 1.92. The molecule has 1 N–H and O–H groups in total. The van der Waals surface area contributed by atoms with Crippen LogP contribution in [0.2, 0.25) is 0 Å². The van der Waals surface area contributed by atoms with Crippen LogP contribution >= 0.6 is 0 Å². The second kappa shape index (κ2) is 3.49. The molecule has 0 aliphatic carbocycles. The van der Waals surface area contributed by atoms with Crippen LogP contribution in [0.3, 0.4) is 0 Å². The van der Waals surface area contributed by atoms with Crippen LogP contribution in [0.5, 0.6) is 0 Å². The highest BCUT2D eigenvalue weighted by atomic mass is 16.1. The lowest BCUT2D eigenvalue weighted by molar-refractivity contribution is 0.556. The SMILES string of the molecule is Cc1nncn1CCn1cc[nH]c1=O. The predicted octanol–water partition coefficient (Wildman–Crippen LogP) is -0.223. The molecule has 0 atom stereocenters. The molecule has 2 aromatic heterocycles. The fourth-order valence-electron chi connectivity index (χ4n) is 1.27. The van der Waals surface area contributed by atoms with Gasteiger partial charge in [0.2, 0.25) is 0 Å². The monoisotopic (exact) mass is 193 g/mol. The Labute approximate surface area is 80.2 Å². The summed E-state index contributed by atoms with van der Waals surface area (Å²) in [6.07, 6.45) is 5.01. The van der Waals surface area contributed by atoms with Crippen molar-refractivity contribution in [2.45, 2.75) is 20.0 Å². The molecular weight excluding hydrogens is 182 g/mol. The zero-order valence-electron chi connectivity index (χ0n) is 7.84. The average Bonchev–Trinajstić information content (AvgIpc) is 2.72. The zero-order chi connectivity index (χ0) is 9.97. The van der Waals surface area contributed by atoms with Crippen molar-refractivity contribution in [2.75, 3.05) is 0 Å². The molecule has 0 saturated carbocycles. The summed E-state index contributed by atoms with van der Waals surface area (Å²) in [5, 5.41) is 7.62. The minimum absolute atomic E-state index is 0.0873. The fraction of sp³-hybridized carbons (Fsp3) is 0.375. The number of nitrogens with one attached hydrogen (secondary N) is 1. The van der Waals surface area contributed by atoms with Gasteiger partial charge in [0.05, 0.1) is 0 Å². The summed E-state index contributed by atoms with van der Waals surface area (Å²) in [7, 11) is 0. The molecule has 0 aromatic carbocycles. The van der Waals surface area contributed by atoms with Crippen molar-refractivity contribution in [3.05, 3.63) is 35.0 Å². The van der Waals surface area contributed by atoms with Crippen LogP contribution in [0.1, 0.15) is 5.82 Å². The van der Waals surface area contributed by atoms with Gasteiger partial charge in [-0.25, -0.2) is 4.79 Å². The number of aromatic amines is 1. The smallest absolute Gasteiger partial charge is 0.316 e. The van der Waals surface area contributed by atoms with Crippen molar-refractivity contribution >= 4 is 0 Å². The van der Waals surface area contributed by atoms with Crippen molar-refractivity contribution in [3.8, 4) is 0 Å². The van der Waals surface area contributed by atoms with E-state index in [9.17, 15) is 4.79 Å². The number of hydrogen-bond acceptors (Lipinski definition) is 3. The predicted molar refractivity (Wildman–Crippen MR) is 49.8 cm³/mol. The van der Waals surface area contributed by atoms with Gasteiger partial charge >= 0.3 is 5.69 Å². The maximum Gasteiger partial charge on any atom is 0.325 e. The number of aryl methyl sites for hydroxylation is 3. The van der Waals surface area contributed by atoms with Crippen molar-refractivity contribution in [3.63, 3.8) is 0 Å². The number of rotatable bonds is 3. The highest BCUT2D eigenvalue weighted by Gasteiger charge is 1.99. The second-order valence-corrected chi connectivity index (χ2v) is 3.03. The molecule has 74 valence electrons. The lowest BCUT2D eigenvalue weighted by Gasteiger charge is -2.03. The van der Waals surface area contributed by atoms with Gasteiger partial charge in [-0.15, -0.1) is 10.2 Å². The van der Waals surface area contributed by atoms with Crippen molar-refractivity contribution < 1.29 is 0 Å². The number of H-pyrrole nitrogens is 1. The van der Waals surface area contributed by atoms with Gasteiger partial charge in [-0.3, -0.25) is 4.57 Å². The van der Waals surface area contributed by atoms with Gasteiger partial charge in [0.25, 0.3) is 0 Å². The topological polar surface area (TPSA) is 68.5 Å². The summed E-state index contributed by atoms with van der Waals surface area (Å²) in [5.41, 5.74) is -0.0873. The molecule has 0 aliphatic rings. The Hall–Kier alpha value is -1.85. The Morgan fingerprint density at radius 1 is 1.43 bits per heavy atom. The van der Waals surface area contributed by atoms with Crippen LogP contribution in [0, 0.1) is 6.92 Å². The van der Waals surface area contributed by atoms with E-state index in [1.165, 1.54) is 0 Å². The third kappa shape index (κ3) is 1.59. The van der Waals surface area contributed by atoms with Crippen molar-refractivity contribution in [1.29, 1.82) is 0 Å². The molecule has 0 aliphatic heterocycles. The van der Waals surface area contributed by atoms with Crippen LogP contribution in [-0.2, 0) is 13.1 Å². The minimum atomic E-state index is -0.0873. The summed E-state index contributed by atoms with van der Waals surface area (Å²) in [5.74, 6) is 0.855. The molecular formula is C8H11N5O. The summed E-state index contributed by atoms with van der Waals surface area (Å²) in [4.78, 5) is 13.7. The van der Waals surface area contributed by atoms with Gasteiger partial charge < -0.3 is 9.55 Å². The standard InChI is InChI=1S/C8H11N5O/c1-7-11-10-6-13(7)5-4-12-3-2-9-8(12)14/h2-3,6H,4-5H2,1H3,(H,9,14). The lowest BCUT2D eigenvalue weighted by atomic mass is 10.5. The minimum Gasteiger partial charge on any atom is -0.316 e. The van der Waals surface area contributed by atoms with Gasteiger partial charge in [0, 0.05) is 25.5 Å². The van der Waals surface area contributed by atoms with Crippen LogP contribution in [-0.4, -0.2) is 24.3 Å². The largest absolute Gasteiger partial charge is 0.325 e. The van der Waals surface area contributed by atoms with Crippen LogP contribution < -0.4 is 5.69 Å². The van der Waals surface area contributed by atoms with E-state index in [-0.39, 0.29) is 5.69 Å². The van der Waals surface area contributed by atoms with E-state index in [4.69, 9.17) is 0 Å². The summed E-state index contributed by atoms with van der Waals surface area (Å²) in [6, 6.07) is 0. The van der Waals surface area contributed by atoms with E-state index in [1.807, 2.05) is 11.5 Å². The van der Waals surface area contributed by atoms with E-state index in [0.29, 0.717) is 13.1 Å². The van der Waals surface area contributed by atoms with E-state index >= 15 is 0 Å². The normalized spacial score (nSPS) is 10.6. The molecule has 0 saturated heterocycles. The van der Waals surface area contributed by atoms with Crippen LogP contribution in [0.25, 0.3) is 0 Å². The Bertz CT molecular complexity index is 466. The van der Waals surface area contributed by atoms with Crippen LogP contribution in [0.4, 0.5) is 0 Å². The molecule has 6 nitrogen and oxygen atoms in total. The van der Waals surface area contributed by atoms with E-state index < -0.39 is 0 Å². The number of aromatic nitrogens is 5. The first-order valence-corrected chi connectivity index (χ1v) is 4.35. The van der Waals surface area contributed by atoms with Crippen molar-refractivity contribution in [1.82, 2.24) is 24.3 Å². The second-order valence-electron chi connectivity index (χ2n) is 3.03. The Morgan fingerprint density at radius 2 is 2.21 bits per heavy atom. The molecule has 0 bridgehead atoms. The lowest BCUT2D eigenvalue weighted by Crippen LogP contribution is -2.19. The zero-order valence-corrected chi connectivity index (χ0v) is 7.84. The summed E-state index contributed by atoms with van der Waals surface area (Å²) in [6.45, 7) is 3.21. The van der Waals surface area contributed by atoms with Gasteiger partial charge in [0.15, 0.2) is 0 Å². The summed E-state index contributed by atoms with van der Waals surface area (Å²) < 4.78 is 3.51. The third-order valence-corrected chi connectivity index (χ3v) is 2.11. The highest BCUT2D eigenvalue weighted by molar-refractivity contribution is 4.81. The molecule has 2 rings (SSSR count). The van der Waals surface area contributed by atoms with Gasteiger partial charge in [-0.1, -0.05) is 0 Å². The Kier molecular flexibility index (Phi) is 2.18. The number of hydrogen-bond donors (Lipinski definition) is 1. The van der Waals surface area contributed by atoms with E-state index in [0.717, 1.165) is 5.82 Å². The molecule has 0 unspecified atom stereocenters. The maximum absolute atomic E-state index is 11.1. The fourth-order valence-corrected chi connectivity index (χ4v) is 1.27. The molecule has 6 heteroatoms. The Morgan fingerprint density at radius 3 is 2.79 bits per heavy atom. The molecule has 14 heavy (non-hydrogen) atoms. The molecule has 0 amide bonds. The first kappa shape index (κ1) is 8.74. The van der Waals surface area contributed by atoms with E-state index in [2.05, 4.69) is 15.2 Å². The summed E-state index contributed by atoms with van der Waals surface area (Å²) >= 11 is 0. The molecule has 0 fully saturated rings. The molecule has 0 radical (unpaired) electrons. The Balaban J connectivity index is 2.05. The van der Waals surface area contributed by atoms with Gasteiger partial charge in [0.1, 0.15) is 12.2 Å². The van der Waals surface area contributed by atoms with Gasteiger partial charge in [-0.05, 0) is 6.92 Å². The first-order chi connectivity index (χ1) is 6.77. The number of nitrogens with zero attached hydrogens (tertiary/aromatic N) is 4. The maximum atomic E-state index is 11.1.